The second kappa shape index (κ2) is 13.9. The van der Waals surface area contributed by atoms with Gasteiger partial charge in [0.1, 0.15) is 0 Å². The van der Waals surface area contributed by atoms with E-state index < -0.39 is 5.79 Å². The fourth-order valence-corrected chi connectivity index (χ4v) is 3.23. The molecule has 0 amide bonds. The molecule has 0 saturated heterocycles. The van der Waals surface area contributed by atoms with Gasteiger partial charge in [0.25, 0.3) is 0 Å². The van der Waals surface area contributed by atoms with Crippen LogP contribution in [0, 0.1) is 11.8 Å². The van der Waals surface area contributed by atoms with Crippen LogP contribution in [0.1, 0.15) is 99.8 Å². The molecule has 2 nitrogen and oxygen atoms in total. The van der Waals surface area contributed by atoms with Crippen molar-refractivity contribution in [3.63, 3.8) is 0 Å². The van der Waals surface area contributed by atoms with Crippen molar-refractivity contribution in [2.24, 2.45) is 11.8 Å². The minimum Gasteiger partial charge on any atom is -0.351 e. The fraction of sp³-hybridized carbons (Fsp3) is 0.909. The predicted octanol–water partition coefficient (Wildman–Crippen LogP) is 7.13. The zero-order valence-corrected chi connectivity index (χ0v) is 17.6. The standard InChI is InChI=1S/C22H44O2/c1-8-23-22(7,24-9-2)18-12-17-21(6)16-11-15-20(5)14-10-13-19(3)4/h17,19-20H,8-16,18H2,1-7H3/b21-17+. The normalized spacial score (nSPS) is 14.4. The largest absolute Gasteiger partial charge is 0.351 e. The van der Waals surface area contributed by atoms with Gasteiger partial charge in [-0.1, -0.05) is 58.1 Å². The summed E-state index contributed by atoms with van der Waals surface area (Å²) in [6.45, 7) is 16.8. The lowest BCUT2D eigenvalue weighted by atomic mass is 9.94. The summed E-state index contributed by atoms with van der Waals surface area (Å²) in [7, 11) is 0. The SMILES string of the molecule is CCOC(C)(CC/C=C(\C)CCCC(C)CCCC(C)C)OCC. The van der Waals surface area contributed by atoms with Crippen LogP contribution in [0.5, 0.6) is 0 Å². The third kappa shape index (κ3) is 13.0. The van der Waals surface area contributed by atoms with Crippen LogP contribution in [0.15, 0.2) is 11.6 Å². The van der Waals surface area contributed by atoms with E-state index in [0.717, 1.165) is 24.7 Å². The van der Waals surface area contributed by atoms with Crippen molar-refractivity contribution in [3.8, 4) is 0 Å². The molecule has 0 aromatic carbocycles. The molecular formula is C22H44O2. The monoisotopic (exact) mass is 340 g/mol. The fourth-order valence-electron chi connectivity index (χ4n) is 3.23. The average Bonchev–Trinajstić information content (AvgIpc) is 2.47. The van der Waals surface area contributed by atoms with Crippen molar-refractivity contribution in [1.82, 2.24) is 0 Å². The van der Waals surface area contributed by atoms with E-state index in [1.54, 1.807) is 0 Å². The third-order valence-corrected chi connectivity index (χ3v) is 4.74. The van der Waals surface area contributed by atoms with Crippen LogP contribution >= 0.6 is 0 Å². The molecule has 1 unspecified atom stereocenters. The molecule has 0 saturated carbocycles. The molecule has 0 aromatic rings. The zero-order valence-electron chi connectivity index (χ0n) is 17.6. The van der Waals surface area contributed by atoms with Gasteiger partial charge in [-0.25, -0.2) is 0 Å². The Hall–Kier alpha value is -0.340. The average molecular weight is 341 g/mol. The molecule has 0 aliphatic rings. The van der Waals surface area contributed by atoms with Crippen molar-refractivity contribution < 1.29 is 9.47 Å². The summed E-state index contributed by atoms with van der Waals surface area (Å²) in [5.74, 6) is 1.29. The van der Waals surface area contributed by atoms with E-state index in [1.165, 1.54) is 44.1 Å². The maximum Gasteiger partial charge on any atom is 0.165 e. The van der Waals surface area contributed by atoms with Crippen LogP contribution in [0.4, 0.5) is 0 Å². The molecule has 0 radical (unpaired) electrons. The molecule has 0 aromatic heterocycles. The van der Waals surface area contributed by atoms with E-state index in [4.69, 9.17) is 9.47 Å². The highest BCUT2D eigenvalue weighted by Crippen LogP contribution is 2.22. The summed E-state index contributed by atoms with van der Waals surface area (Å²) in [6, 6.07) is 0. The molecule has 144 valence electrons. The van der Waals surface area contributed by atoms with Crippen molar-refractivity contribution in [3.05, 3.63) is 11.6 Å². The van der Waals surface area contributed by atoms with E-state index in [9.17, 15) is 0 Å². The molecule has 0 bridgehead atoms. The Kier molecular flexibility index (Phi) is 13.7. The summed E-state index contributed by atoms with van der Waals surface area (Å²) >= 11 is 0. The molecular weight excluding hydrogens is 296 g/mol. The minimum atomic E-state index is -0.425. The highest BCUT2D eigenvalue weighted by molar-refractivity contribution is 4.98. The van der Waals surface area contributed by atoms with Gasteiger partial charge in [0.2, 0.25) is 0 Å². The first-order valence-corrected chi connectivity index (χ1v) is 10.3. The predicted molar refractivity (Wildman–Crippen MR) is 106 cm³/mol. The Morgan fingerprint density at radius 3 is 2.08 bits per heavy atom. The van der Waals surface area contributed by atoms with Crippen molar-refractivity contribution in [1.29, 1.82) is 0 Å². The summed E-state index contributed by atoms with van der Waals surface area (Å²) in [5.41, 5.74) is 1.51. The van der Waals surface area contributed by atoms with Gasteiger partial charge >= 0.3 is 0 Å². The molecule has 24 heavy (non-hydrogen) atoms. The maximum atomic E-state index is 5.77. The smallest absolute Gasteiger partial charge is 0.165 e. The topological polar surface area (TPSA) is 18.5 Å². The molecule has 2 heteroatoms. The van der Waals surface area contributed by atoms with Gasteiger partial charge in [-0.3, -0.25) is 0 Å². The number of hydrogen-bond donors (Lipinski definition) is 0. The van der Waals surface area contributed by atoms with Gasteiger partial charge < -0.3 is 9.47 Å². The minimum absolute atomic E-state index is 0.425. The summed E-state index contributed by atoms with van der Waals surface area (Å²) < 4.78 is 11.5. The molecule has 1 atom stereocenters. The molecule has 0 heterocycles. The lowest BCUT2D eigenvalue weighted by molar-refractivity contribution is -0.223. The molecule has 0 aliphatic carbocycles. The van der Waals surface area contributed by atoms with E-state index >= 15 is 0 Å². The maximum absolute atomic E-state index is 5.77. The summed E-state index contributed by atoms with van der Waals surface area (Å²) in [6.07, 6.45) is 12.4. The summed E-state index contributed by atoms with van der Waals surface area (Å²) in [4.78, 5) is 0. The molecule has 0 aliphatic heterocycles. The van der Waals surface area contributed by atoms with Gasteiger partial charge in [-0.15, -0.1) is 0 Å². The molecule has 0 fully saturated rings. The zero-order chi connectivity index (χ0) is 18.4. The quantitative estimate of drug-likeness (QED) is 0.233. The van der Waals surface area contributed by atoms with E-state index in [0.29, 0.717) is 13.2 Å². The second-order valence-corrected chi connectivity index (χ2v) is 7.91. The lowest BCUT2D eigenvalue weighted by Gasteiger charge is -2.28. The highest BCUT2D eigenvalue weighted by atomic mass is 16.7. The van der Waals surface area contributed by atoms with E-state index in [-0.39, 0.29) is 0 Å². The van der Waals surface area contributed by atoms with Crippen LogP contribution in [0.2, 0.25) is 0 Å². The number of hydrogen-bond acceptors (Lipinski definition) is 2. The number of rotatable bonds is 15. The Bertz CT molecular complexity index is 314. The van der Waals surface area contributed by atoms with Gasteiger partial charge in [0.05, 0.1) is 0 Å². The number of ether oxygens (including phenoxy) is 2. The van der Waals surface area contributed by atoms with Crippen molar-refractivity contribution >= 4 is 0 Å². The summed E-state index contributed by atoms with van der Waals surface area (Å²) in [5, 5.41) is 0. The van der Waals surface area contributed by atoms with Crippen LogP contribution in [-0.4, -0.2) is 19.0 Å². The van der Waals surface area contributed by atoms with E-state index in [1.807, 2.05) is 13.8 Å². The van der Waals surface area contributed by atoms with Crippen LogP contribution in [0.3, 0.4) is 0 Å². The Labute approximate surface area is 152 Å². The Balaban J connectivity index is 3.93. The van der Waals surface area contributed by atoms with Crippen molar-refractivity contribution in [2.75, 3.05) is 13.2 Å². The number of allylic oxidation sites excluding steroid dienone is 2. The van der Waals surface area contributed by atoms with E-state index in [2.05, 4.69) is 40.7 Å². The van der Waals surface area contributed by atoms with Crippen molar-refractivity contribution in [2.45, 2.75) is 106 Å². The van der Waals surface area contributed by atoms with Gasteiger partial charge in [-0.2, -0.15) is 0 Å². The molecule has 0 spiro atoms. The highest BCUT2D eigenvalue weighted by Gasteiger charge is 2.23. The van der Waals surface area contributed by atoms with Gasteiger partial charge in [0, 0.05) is 19.6 Å². The first kappa shape index (κ1) is 23.7. The Morgan fingerprint density at radius 1 is 0.958 bits per heavy atom. The Morgan fingerprint density at radius 2 is 1.54 bits per heavy atom. The first-order valence-electron chi connectivity index (χ1n) is 10.3. The van der Waals surface area contributed by atoms with Crippen LogP contribution in [0.25, 0.3) is 0 Å². The van der Waals surface area contributed by atoms with Crippen LogP contribution in [-0.2, 0) is 9.47 Å². The first-order chi connectivity index (χ1) is 11.3. The molecule has 0 rings (SSSR count). The lowest BCUT2D eigenvalue weighted by Crippen LogP contribution is -2.32. The van der Waals surface area contributed by atoms with Crippen LogP contribution < -0.4 is 0 Å². The molecule has 0 N–H and O–H groups in total. The second-order valence-electron chi connectivity index (χ2n) is 7.91. The third-order valence-electron chi connectivity index (χ3n) is 4.74. The van der Waals surface area contributed by atoms with Gasteiger partial charge in [-0.05, 0) is 58.8 Å². The van der Waals surface area contributed by atoms with Gasteiger partial charge in [0.15, 0.2) is 5.79 Å².